The quantitative estimate of drug-likeness (QED) is 0.174. The van der Waals surface area contributed by atoms with Crippen LogP contribution in [0.3, 0.4) is 0 Å². The second-order valence-corrected chi connectivity index (χ2v) is 14.6. The largest absolute Gasteiger partial charge is 0.481 e. The van der Waals surface area contributed by atoms with Gasteiger partial charge in [-0.2, -0.15) is 18.4 Å². The van der Waals surface area contributed by atoms with Crippen molar-refractivity contribution in [3.63, 3.8) is 0 Å². The summed E-state index contributed by atoms with van der Waals surface area (Å²) in [6, 6.07) is 5.55. The molecule has 0 saturated heterocycles. The third-order valence-corrected chi connectivity index (χ3v) is 10.5. The number of ether oxygens (including phenoxy) is 3. The van der Waals surface area contributed by atoms with Crippen LogP contribution in [0.4, 0.5) is 20.8 Å². The maximum Gasteiger partial charge on any atom is 0.335 e. The zero-order valence-electron chi connectivity index (χ0n) is 28.8. The lowest BCUT2D eigenvalue weighted by Gasteiger charge is -2.15. The zero-order valence-corrected chi connectivity index (χ0v) is 32.0. The molecule has 0 atom stereocenters. The molecule has 0 spiro atoms. The van der Waals surface area contributed by atoms with Crippen molar-refractivity contribution in [1.82, 2.24) is 33.9 Å². The van der Waals surface area contributed by atoms with Gasteiger partial charge in [0, 0.05) is 38.3 Å². The van der Waals surface area contributed by atoms with Crippen molar-refractivity contribution >= 4 is 74.3 Å². The Balaban J connectivity index is 0.000000238. The number of urea groups is 1. The van der Waals surface area contributed by atoms with Gasteiger partial charge >= 0.3 is 16.9 Å². The van der Waals surface area contributed by atoms with E-state index < -0.39 is 38.8 Å². The van der Waals surface area contributed by atoms with Gasteiger partial charge in [0.15, 0.2) is 5.03 Å². The summed E-state index contributed by atoms with van der Waals surface area (Å²) >= 11 is 8.17. The number of thioether (sulfide) groups is 1. The van der Waals surface area contributed by atoms with Crippen LogP contribution in [0.25, 0.3) is 0 Å². The molecule has 5 rings (SSSR count). The molecule has 4 aromatic rings. The average Bonchev–Trinajstić information content (AvgIpc) is 3.45. The molecule has 23 heteroatoms. The van der Waals surface area contributed by atoms with Crippen LogP contribution in [0.15, 0.2) is 56.2 Å². The van der Waals surface area contributed by atoms with E-state index in [2.05, 4.69) is 30.0 Å². The number of hydrogen-bond donors (Lipinski definition) is 2. The van der Waals surface area contributed by atoms with E-state index >= 15 is 0 Å². The summed E-state index contributed by atoms with van der Waals surface area (Å²) in [5.74, 6) is -1.58. The molecule has 18 nitrogen and oxygen atoms in total. The third-order valence-electron chi connectivity index (χ3n) is 6.89. The van der Waals surface area contributed by atoms with Crippen LogP contribution < -0.4 is 29.2 Å². The van der Waals surface area contributed by atoms with Gasteiger partial charge in [0.25, 0.3) is 15.9 Å². The first-order valence-corrected chi connectivity index (χ1v) is 18.8. The van der Waals surface area contributed by atoms with Gasteiger partial charge in [0.1, 0.15) is 11.5 Å². The first-order valence-electron chi connectivity index (χ1n) is 15.2. The fraction of sp³-hybridized carbons (Fsp3) is 0.333. The SMILES string of the molecule is COC(=O)CSc1cc(/N=c2\sc(=O)n3n2CCCC3)c(F)cc1Cl.COc1cc(OC)nc(NC(=O)NS(=O)(=O)c2ncccc2C(=O)N(C)C)n1. The molecule has 3 amide bonds. The van der Waals surface area contributed by atoms with Crippen LogP contribution >= 0.6 is 34.7 Å². The highest BCUT2D eigenvalue weighted by Gasteiger charge is 2.27. The van der Waals surface area contributed by atoms with Gasteiger partial charge in [-0.15, -0.1) is 11.8 Å². The van der Waals surface area contributed by atoms with Crippen molar-refractivity contribution in [1.29, 1.82) is 0 Å². The minimum absolute atomic E-state index is 0.0605. The van der Waals surface area contributed by atoms with E-state index in [1.807, 2.05) is 0 Å². The Hall–Kier alpha value is -5.06. The number of carbonyl (C=O) groups excluding carboxylic acids is 3. The van der Waals surface area contributed by atoms with Crippen molar-refractivity contribution in [2.24, 2.45) is 4.99 Å². The number of amides is 3. The summed E-state index contributed by atoms with van der Waals surface area (Å²) in [5.41, 5.74) is -0.105. The zero-order chi connectivity index (χ0) is 38.9. The van der Waals surface area contributed by atoms with Crippen LogP contribution in [0.1, 0.15) is 23.2 Å². The summed E-state index contributed by atoms with van der Waals surface area (Å²) < 4.78 is 59.0. The normalized spacial score (nSPS) is 12.5. The number of esters is 1. The van der Waals surface area contributed by atoms with Crippen LogP contribution in [-0.2, 0) is 32.6 Å². The molecule has 1 aliphatic rings. The van der Waals surface area contributed by atoms with Gasteiger partial charge < -0.3 is 19.1 Å². The molecular weight excluding hydrogens is 781 g/mol. The Labute approximate surface area is 315 Å². The van der Waals surface area contributed by atoms with E-state index in [-0.39, 0.29) is 44.6 Å². The monoisotopic (exact) mass is 813 g/mol. The van der Waals surface area contributed by atoms with Crippen LogP contribution in [-0.4, -0.2) is 96.7 Å². The van der Waals surface area contributed by atoms with E-state index in [1.54, 1.807) is 14.1 Å². The number of hydrogen-bond acceptors (Lipinski definition) is 15. The Morgan fingerprint density at radius 2 is 1.74 bits per heavy atom. The highest BCUT2D eigenvalue weighted by molar-refractivity contribution is 8.00. The number of fused-ring (bicyclic) bond motifs is 1. The smallest absolute Gasteiger partial charge is 0.335 e. The molecule has 0 fully saturated rings. The number of pyridine rings is 1. The van der Waals surface area contributed by atoms with Gasteiger partial charge in [-0.3, -0.25) is 24.4 Å². The van der Waals surface area contributed by atoms with E-state index in [0.717, 1.165) is 42.0 Å². The van der Waals surface area contributed by atoms with Crippen molar-refractivity contribution in [3.8, 4) is 11.8 Å². The number of nitrogens with zero attached hydrogens (tertiary/aromatic N) is 7. The molecule has 0 saturated carbocycles. The van der Waals surface area contributed by atoms with Gasteiger partial charge in [-0.1, -0.05) is 11.6 Å². The molecule has 0 unspecified atom stereocenters. The van der Waals surface area contributed by atoms with Gasteiger partial charge in [-0.25, -0.2) is 28.6 Å². The predicted octanol–water partition coefficient (Wildman–Crippen LogP) is 2.90. The van der Waals surface area contributed by atoms with Gasteiger partial charge in [0.05, 0.1) is 43.7 Å². The molecule has 2 N–H and O–H groups in total. The maximum absolute atomic E-state index is 14.3. The third kappa shape index (κ3) is 10.5. The number of aromatic nitrogens is 5. The minimum atomic E-state index is -4.46. The fourth-order valence-electron chi connectivity index (χ4n) is 4.41. The molecule has 53 heavy (non-hydrogen) atoms. The van der Waals surface area contributed by atoms with Crippen molar-refractivity contribution < 1.29 is 41.4 Å². The predicted molar refractivity (Wildman–Crippen MR) is 192 cm³/mol. The van der Waals surface area contributed by atoms with Gasteiger partial charge in [0.2, 0.25) is 22.5 Å². The number of methoxy groups -OCH3 is 3. The lowest BCUT2D eigenvalue weighted by molar-refractivity contribution is -0.137. The number of anilines is 1. The Morgan fingerprint density at radius 1 is 1.08 bits per heavy atom. The second kappa shape index (κ2) is 18.1. The van der Waals surface area contributed by atoms with E-state index in [1.165, 1.54) is 70.8 Å². The molecule has 284 valence electrons. The lowest BCUT2D eigenvalue weighted by atomic mass is 10.2. The first-order chi connectivity index (χ1) is 25.2. The summed E-state index contributed by atoms with van der Waals surface area (Å²) in [4.78, 5) is 65.4. The van der Waals surface area contributed by atoms with Crippen LogP contribution in [0, 0.1) is 5.82 Å². The number of benzene rings is 1. The molecule has 1 aromatic carbocycles. The lowest BCUT2D eigenvalue weighted by Crippen LogP contribution is -2.36. The molecule has 1 aliphatic heterocycles. The van der Waals surface area contributed by atoms with E-state index in [9.17, 15) is 32.0 Å². The Morgan fingerprint density at radius 3 is 2.36 bits per heavy atom. The summed E-state index contributed by atoms with van der Waals surface area (Å²) in [5, 5.41) is 1.76. The van der Waals surface area contributed by atoms with Crippen molar-refractivity contribution in [3.05, 3.63) is 67.4 Å². The van der Waals surface area contributed by atoms with Crippen molar-refractivity contribution in [2.45, 2.75) is 35.9 Å². The number of nitrogens with one attached hydrogen (secondary N) is 2. The minimum Gasteiger partial charge on any atom is -0.481 e. The summed E-state index contributed by atoms with van der Waals surface area (Å²) in [6.07, 6.45) is 3.08. The van der Waals surface area contributed by atoms with E-state index in [4.69, 9.17) is 21.1 Å². The number of carbonyl (C=O) groups is 3. The first kappa shape index (κ1) is 40.7. The number of rotatable bonds is 10. The standard InChI is InChI=1S/C15H15ClFN3O3S2.C15H18N6O6S/c1-23-13(21)8-24-12-7-11(10(17)6-9(12)16)18-14-19-4-2-3-5-20(19)15(22)25-14;1-21(2)13(22)9-6-5-7-16-12(9)28(24,25)20-15(23)19-14-17-10(26-3)8-11(18-14)27-4/h6-7H,2-5,8H2,1H3;5-8H,1-4H3,(H2,17,18,19,20,23)/b18-14-;. The Bertz CT molecular complexity index is 2220. The molecule has 0 aliphatic carbocycles. The fourth-order valence-corrected chi connectivity index (χ4v) is 7.43. The number of sulfonamides is 1. The molecule has 4 heterocycles. The van der Waals surface area contributed by atoms with Crippen molar-refractivity contribution in [2.75, 3.05) is 46.5 Å². The molecule has 0 bridgehead atoms. The van der Waals surface area contributed by atoms with Crippen LogP contribution in [0.2, 0.25) is 5.02 Å². The van der Waals surface area contributed by atoms with Gasteiger partial charge in [-0.05, 0) is 48.4 Å². The Kier molecular flexibility index (Phi) is 13.9. The molecule has 0 radical (unpaired) electrons. The summed E-state index contributed by atoms with van der Waals surface area (Å²) in [6.45, 7) is 1.32. The van der Waals surface area contributed by atoms with E-state index in [0.29, 0.717) is 22.8 Å². The summed E-state index contributed by atoms with van der Waals surface area (Å²) in [7, 11) is 2.45. The second-order valence-electron chi connectivity index (χ2n) is 10.7. The van der Waals surface area contributed by atoms with Crippen LogP contribution in [0.5, 0.6) is 11.8 Å². The molecular formula is C30H33ClFN9O9S3. The molecule has 3 aromatic heterocycles. The highest BCUT2D eigenvalue weighted by atomic mass is 35.5. The topological polar surface area (TPSA) is 218 Å². The average molecular weight is 814 g/mol. The maximum atomic E-state index is 14.3. The highest BCUT2D eigenvalue weighted by Crippen LogP contribution is 2.33. The number of halogens is 2.